The number of ketones is 1. The third-order valence-corrected chi connectivity index (χ3v) is 3.94. The standard InChI is InChI=1S/C21H22N2O3/c1-14-9-15(2)11-19(10-14)25-13-18-6-5-17(26-18)7-8-21(24)20-12-23(4)22-16(20)3/h5-12H,13H2,1-4H3/b8-7+. The molecule has 0 atom stereocenters. The van der Waals surface area contributed by atoms with Crippen LogP contribution in [0.25, 0.3) is 6.08 Å². The molecule has 0 saturated carbocycles. The summed E-state index contributed by atoms with van der Waals surface area (Å²) in [6.45, 7) is 6.23. The van der Waals surface area contributed by atoms with Crippen molar-refractivity contribution in [1.82, 2.24) is 9.78 Å². The fraction of sp³-hybridized carbons (Fsp3) is 0.238. The fourth-order valence-corrected chi connectivity index (χ4v) is 2.82. The van der Waals surface area contributed by atoms with E-state index in [9.17, 15) is 4.79 Å². The van der Waals surface area contributed by atoms with Gasteiger partial charge in [0.05, 0.1) is 11.3 Å². The molecule has 0 spiro atoms. The van der Waals surface area contributed by atoms with Crippen LogP contribution in [0.15, 0.2) is 47.0 Å². The van der Waals surface area contributed by atoms with Crippen LogP contribution in [0.2, 0.25) is 0 Å². The van der Waals surface area contributed by atoms with Crippen LogP contribution in [-0.4, -0.2) is 15.6 Å². The average Bonchev–Trinajstić information content (AvgIpc) is 3.16. The van der Waals surface area contributed by atoms with Crippen molar-refractivity contribution in [3.63, 3.8) is 0 Å². The molecule has 0 amide bonds. The fourth-order valence-electron chi connectivity index (χ4n) is 2.82. The lowest BCUT2D eigenvalue weighted by Gasteiger charge is -2.06. The summed E-state index contributed by atoms with van der Waals surface area (Å²) >= 11 is 0. The van der Waals surface area contributed by atoms with Crippen molar-refractivity contribution in [2.24, 2.45) is 7.05 Å². The third kappa shape index (κ3) is 4.30. The van der Waals surface area contributed by atoms with Gasteiger partial charge in [-0.1, -0.05) is 6.07 Å². The lowest BCUT2D eigenvalue weighted by molar-refractivity contribution is 0.104. The van der Waals surface area contributed by atoms with Crippen molar-refractivity contribution in [2.45, 2.75) is 27.4 Å². The molecule has 0 aliphatic carbocycles. The SMILES string of the molecule is Cc1cc(C)cc(OCc2ccc(/C=C/C(=O)c3cn(C)nc3C)o2)c1. The van der Waals surface area contributed by atoms with Crippen molar-refractivity contribution < 1.29 is 13.9 Å². The summed E-state index contributed by atoms with van der Waals surface area (Å²) in [6.07, 6.45) is 4.87. The number of aryl methyl sites for hydroxylation is 4. The Morgan fingerprint density at radius 2 is 1.92 bits per heavy atom. The summed E-state index contributed by atoms with van der Waals surface area (Å²) in [5.41, 5.74) is 3.62. The van der Waals surface area contributed by atoms with E-state index < -0.39 is 0 Å². The highest BCUT2D eigenvalue weighted by Crippen LogP contribution is 2.19. The average molecular weight is 350 g/mol. The summed E-state index contributed by atoms with van der Waals surface area (Å²) < 4.78 is 13.1. The van der Waals surface area contributed by atoms with E-state index in [1.165, 1.54) is 6.08 Å². The molecular weight excluding hydrogens is 328 g/mol. The van der Waals surface area contributed by atoms with E-state index in [4.69, 9.17) is 9.15 Å². The number of nitrogens with zero attached hydrogens (tertiary/aromatic N) is 2. The van der Waals surface area contributed by atoms with Gasteiger partial charge in [-0.2, -0.15) is 5.10 Å². The minimum atomic E-state index is -0.0972. The topological polar surface area (TPSA) is 57.3 Å². The van der Waals surface area contributed by atoms with Crippen molar-refractivity contribution >= 4 is 11.9 Å². The maximum absolute atomic E-state index is 12.2. The minimum Gasteiger partial charge on any atom is -0.486 e. The Balaban J connectivity index is 1.62. The number of hydrogen-bond acceptors (Lipinski definition) is 4. The van der Waals surface area contributed by atoms with E-state index in [1.54, 1.807) is 24.0 Å². The Labute approximate surface area is 152 Å². The molecule has 1 aromatic carbocycles. The molecule has 2 heterocycles. The Morgan fingerprint density at radius 1 is 1.19 bits per heavy atom. The molecule has 26 heavy (non-hydrogen) atoms. The quantitative estimate of drug-likeness (QED) is 0.488. The van der Waals surface area contributed by atoms with Gasteiger partial charge in [-0.15, -0.1) is 0 Å². The smallest absolute Gasteiger partial charge is 0.189 e. The summed E-state index contributed by atoms with van der Waals surface area (Å²) in [5.74, 6) is 2.03. The molecule has 0 N–H and O–H groups in total. The zero-order valence-corrected chi connectivity index (χ0v) is 15.4. The van der Waals surface area contributed by atoms with E-state index >= 15 is 0 Å². The molecule has 0 radical (unpaired) electrons. The normalized spacial score (nSPS) is 11.2. The first-order valence-corrected chi connectivity index (χ1v) is 8.43. The van der Waals surface area contributed by atoms with Gasteiger partial charge in [0.25, 0.3) is 0 Å². The first-order chi connectivity index (χ1) is 12.4. The highest BCUT2D eigenvalue weighted by atomic mass is 16.5. The molecule has 0 saturated heterocycles. The van der Waals surface area contributed by atoms with Crippen molar-refractivity contribution in [3.05, 3.63) is 76.5 Å². The van der Waals surface area contributed by atoms with Gasteiger partial charge < -0.3 is 9.15 Å². The Kier molecular flexibility index (Phi) is 5.07. The van der Waals surface area contributed by atoms with Crippen LogP contribution in [-0.2, 0) is 13.7 Å². The van der Waals surface area contributed by atoms with Gasteiger partial charge in [0.2, 0.25) is 0 Å². The van der Waals surface area contributed by atoms with Crippen molar-refractivity contribution in [3.8, 4) is 5.75 Å². The Bertz CT molecular complexity index is 943. The van der Waals surface area contributed by atoms with Gasteiger partial charge in [0, 0.05) is 13.2 Å². The number of aromatic nitrogens is 2. The lowest BCUT2D eigenvalue weighted by atomic mass is 10.1. The van der Waals surface area contributed by atoms with Crippen LogP contribution >= 0.6 is 0 Å². The van der Waals surface area contributed by atoms with Gasteiger partial charge in [-0.05, 0) is 68.3 Å². The molecular formula is C21H22N2O3. The highest BCUT2D eigenvalue weighted by Gasteiger charge is 2.10. The Morgan fingerprint density at radius 3 is 2.58 bits per heavy atom. The number of allylic oxidation sites excluding steroid dienone is 1. The van der Waals surface area contributed by atoms with E-state index in [-0.39, 0.29) is 5.78 Å². The lowest BCUT2D eigenvalue weighted by Crippen LogP contribution is -1.95. The number of hydrogen-bond donors (Lipinski definition) is 0. The number of benzene rings is 1. The molecule has 3 rings (SSSR count). The van der Waals surface area contributed by atoms with E-state index in [0.717, 1.165) is 16.9 Å². The molecule has 134 valence electrons. The van der Waals surface area contributed by atoms with Crippen LogP contribution in [0.4, 0.5) is 0 Å². The molecule has 5 nitrogen and oxygen atoms in total. The Hall–Kier alpha value is -3.08. The third-order valence-electron chi connectivity index (χ3n) is 3.94. The highest BCUT2D eigenvalue weighted by molar-refractivity contribution is 6.07. The van der Waals surface area contributed by atoms with Crippen LogP contribution in [0.5, 0.6) is 5.75 Å². The van der Waals surface area contributed by atoms with E-state index in [2.05, 4.69) is 11.2 Å². The maximum Gasteiger partial charge on any atom is 0.189 e. The molecule has 0 bridgehead atoms. The predicted octanol–water partition coefficient (Wildman–Crippen LogP) is 4.41. The summed E-state index contributed by atoms with van der Waals surface area (Å²) in [5, 5.41) is 4.18. The number of rotatable bonds is 6. The number of carbonyl (C=O) groups is 1. The first kappa shape index (κ1) is 17.7. The van der Waals surface area contributed by atoms with Gasteiger partial charge in [-0.25, -0.2) is 0 Å². The second-order valence-corrected chi connectivity index (χ2v) is 6.42. The number of ether oxygens (including phenoxy) is 1. The second-order valence-electron chi connectivity index (χ2n) is 6.42. The summed E-state index contributed by atoms with van der Waals surface area (Å²) in [6, 6.07) is 9.75. The first-order valence-electron chi connectivity index (χ1n) is 8.43. The number of carbonyl (C=O) groups excluding carboxylic acids is 1. The van der Waals surface area contributed by atoms with Crippen LogP contribution in [0, 0.1) is 20.8 Å². The van der Waals surface area contributed by atoms with Crippen LogP contribution < -0.4 is 4.74 Å². The monoisotopic (exact) mass is 350 g/mol. The second kappa shape index (κ2) is 7.44. The summed E-state index contributed by atoms with van der Waals surface area (Å²) in [4.78, 5) is 12.2. The van der Waals surface area contributed by atoms with Gasteiger partial charge in [0.1, 0.15) is 23.9 Å². The number of furan rings is 1. The molecule has 0 aliphatic heterocycles. The molecule has 0 aliphatic rings. The van der Waals surface area contributed by atoms with Crippen LogP contribution in [0.3, 0.4) is 0 Å². The van der Waals surface area contributed by atoms with E-state index in [1.807, 2.05) is 45.0 Å². The zero-order valence-electron chi connectivity index (χ0n) is 15.4. The van der Waals surface area contributed by atoms with Crippen LogP contribution in [0.1, 0.15) is 38.7 Å². The maximum atomic E-state index is 12.2. The molecule has 0 fully saturated rings. The molecule has 2 aromatic heterocycles. The molecule has 5 heteroatoms. The minimum absolute atomic E-state index is 0.0972. The van der Waals surface area contributed by atoms with Gasteiger partial charge >= 0.3 is 0 Å². The molecule has 0 unspecified atom stereocenters. The van der Waals surface area contributed by atoms with E-state index in [0.29, 0.717) is 29.4 Å². The zero-order chi connectivity index (χ0) is 18.7. The van der Waals surface area contributed by atoms with Crippen molar-refractivity contribution in [2.75, 3.05) is 0 Å². The van der Waals surface area contributed by atoms with Gasteiger partial charge in [0.15, 0.2) is 5.78 Å². The molecule has 3 aromatic rings. The largest absolute Gasteiger partial charge is 0.486 e. The summed E-state index contributed by atoms with van der Waals surface area (Å²) in [7, 11) is 1.79. The van der Waals surface area contributed by atoms with Crippen molar-refractivity contribution in [1.29, 1.82) is 0 Å². The van der Waals surface area contributed by atoms with Gasteiger partial charge in [-0.3, -0.25) is 9.48 Å². The predicted molar refractivity (Wildman–Crippen MR) is 100 cm³/mol.